The van der Waals surface area contributed by atoms with Crippen LogP contribution >= 0.6 is 0 Å². The van der Waals surface area contributed by atoms with Crippen LogP contribution < -0.4 is 10.5 Å². The summed E-state index contributed by atoms with van der Waals surface area (Å²) >= 11 is 0. The molecule has 0 aliphatic heterocycles. The fraction of sp³-hybridized carbons (Fsp3) is 0.308. The number of rotatable bonds is 5. The van der Waals surface area contributed by atoms with Gasteiger partial charge in [-0.05, 0) is 25.0 Å². The quantitative estimate of drug-likeness (QED) is 0.858. The van der Waals surface area contributed by atoms with E-state index < -0.39 is 0 Å². The van der Waals surface area contributed by atoms with Crippen molar-refractivity contribution in [2.45, 2.75) is 26.0 Å². The average Bonchev–Trinajstić information content (AvgIpc) is 2.80. The van der Waals surface area contributed by atoms with Gasteiger partial charge in [-0.3, -0.25) is 0 Å². The van der Waals surface area contributed by atoms with Crippen molar-refractivity contribution in [3.63, 3.8) is 0 Å². The molecule has 0 fully saturated rings. The smallest absolute Gasteiger partial charge is 0.130 e. The summed E-state index contributed by atoms with van der Waals surface area (Å²) in [6.07, 6.45) is 4.03. The van der Waals surface area contributed by atoms with Crippen molar-refractivity contribution in [2.24, 2.45) is 5.73 Å². The van der Waals surface area contributed by atoms with E-state index in [1.54, 1.807) is 12.5 Å². The van der Waals surface area contributed by atoms with Gasteiger partial charge in [-0.2, -0.15) is 0 Å². The van der Waals surface area contributed by atoms with Crippen LogP contribution in [-0.2, 0) is 13.0 Å². The van der Waals surface area contributed by atoms with Crippen LogP contribution in [0.4, 0.5) is 0 Å². The van der Waals surface area contributed by atoms with E-state index in [1.807, 2.05) is 31.2 Å². The van der Waals surface area contributed by atoms with Gasteiger partial charge in [0, 0.05) is 11.6 Å². The van der Waals surface area contributed by atoms with Crippen LogP contribution in [0.25, 0.3) is 0 Å². The molecule has 2 aromatic rings. The molecule has 0 amide bonds. The summed E-state index contributed by atoms with van der Waals surface area (Å²) in [5.74, 6) is 0.867. The Bertz CT molecular complexity index is 452. The summed E-state index contributed by atoms with van der Waals surface area (Å²) in [7, 11) is 0. The topological polar surface area (TPSA) is 61.3 Å². The summed E-state index contributed by atoms with van der Waals surface area (Å²) < 4.78 is 10.5. The zero-order chi connectivity index (χ0) is 12.1. The highest BCUT2D eigenvalue weighted by Crippen LogP contribution is 2.20. The van der Waals surface area contributed by atoms with Gasteiger partial charge in [0.2, 0.25) is 0 Å². The Balaban J connectivity index is 2.04. The molecule has 0 saturated carbocycles. The fourth-order valence-corrected chi connectivity index (χ4v) is 1.62. The summed E-state index contributed by atoms with van der Waals surface area (Å²) in [6.45, 7) is 2.44. The van der Waals surface area contributed by atoms with Gasteiger partial charge in [0.1, 0.15) is 18.6 Å². The van der Waals surface area contributed by atoms with E-state index in [2.05, 4.69) is 5.16 Å². The van der Waals surface area contributed by atoms with Gasteiger partial charge in [-0.15, -0.1) is 0 Å². The minimum absolute atomic E-state index is 0.121. The van der Waals surface area contributed by atoms with Crippen molar-refractivity contribution < 1.29 is 9.26 Å². The lowest BCUT2D eigenvalue weighted by atomic mass is 10.1. The number of nitrogens with zero attached hydrogens (tertiary/aromatic N) is 1. The van der Waals surface area contributed by atoms with Crippen LogP contribution in [0.15, 0.2) is 41.2 Å². The van der Waals surface area contributed by atoms with Gasteiger partial charge in [-0.25, -0.2) is 0 Å². The molecule has 17 heavy (non-hydrogen) atoms. The third-order valence-electron chi connectivity index (χ3n) is 2.39. The van der Waals surface area contributed by atoms with E-state index in [4.69, 9.17) is 15.0 Å². The maximum absolute atomic E-state index is 5.80. The molecule has 0 aliphatic carbocycles. The Kier molecular flexibility index (Phi) is 3.77. The molecule has 4 nitrogen and oxygen atoms in total. The molecule has 90 valence electrons. The number of hydrogen-bond acceptors (Lipinski definition) is 4. The lowest BCUT2D eigenvalue weighted by Crippen LogP contribution is -2.18. The minimum atomic E-state index is 0.121. The first-order valence-corrected chi connectivity index (χ1v) is 5.60. The van der Waals surface area contributed by atoms with Crippen LogP contribution in [0.3, 0.4) is 0 Å². The molecule has 4 heteroatoms. The van der Waals surface area contributed by atoms with Gasteiger partial charge in [0.15, 0.2) is 0 Å². The summed E-state index contributed by atoms with van der Waals surface area (Å²) in [5, 5.41) is 3.63. The van der Waals surface area contributed by atoms with Crippen LogP contribution in [0.2, 0.25) is 0 Å². The van der Waals surface area contributed by atoms with Gasteiger partial charge < -0.3 is 15.0 Å². The van der Waals surface area contributed by atoms with Crippen LogP contribution in [0.5, 0.6) is 5.75 Å². The second-order valence-corrected chi connectivity index (χ2v) is 4.11. The third-order valence-corrected chi connectivity index (χ3v) is 2.39. The molecule has 1 atom stereocenters. The Hall–Kier alpha value is -1.81. The summed E-state index contributed by atoms with van der Waals surface area (Å²) in [5.41, 5.74) is 7.84. The molecule has 0 bridgehead atoms. The SMILES string of the molecule is CC(N)Cc1ccccc1OCc1cnoc1. The van der Waals surface area contributed by atoms with E-state index >= 15 is 0 Å². The standard InChI is InChI=1S/C13H16N2O2/c1-10(14)6-12-4-2-3-5-13(12)16-8-11-7-15-17-9-11/h2-5,7,9-10H,6,8,14H2,1H3. The van der Waals surface area contributed by atoms with E-state index in [1.165, 1.54) is 0 Å². The molecular weight excluding hydrogens is 216 g/mol. The molecule has 0 aliphatic rings. The van der Waals surface area contributed by atoms with Crippen molar-refractivity contribution in [1.82, 2.24) is 5.16 Å². The Morgan fingerprint density at radius 1 is 1.41 bits per heavy atom. The monoisotopic (exact) mass is 232 g/mol. The van der Waals surface area contributed by atoms with Crippen LogP contribution in [-0.4, -0.2) is 11.2 Å². The summed E-state index contributed by atoms with van der Waals surface area (Å²) in [4.78, 5) is 0. The Labute approximate surface area is 100 Å². The van der Waals surface area contributed by atoms with Crippen molar-refractivity contribution in [1.29, 1.82) is 0 Å². The number of para-hydroxylation sites is 1. The average molecular weight is 232 g/mol. The molecule has 1 aromatic carbocycles. The second kappa shape index (κ2) is 5.50. The first-order valence-electron chi connectivity index (χ1n) is 5.60. The molecular formula is C13H16N2O2. The second-order valence-electron chi connectivity index (χ2n) is 4.11. The highest BCUT2D eigenvalue weighted by atomic mass is 16.5. The molecule has 1 heterocycles. The lowest BCUT2D eigenvalue weighted by Gasteiger charge is -2.12. The van der Waals surface area contributed by atoms with Crippen LogP contribution in [0, 0.1) is 0 Å². The van der Waals surface area contributed by atoms with Gasteiger partial charge in [0.05, 0.1) is 6.20 Å². The van der Waals surface area contributed by atoms with Gasteiger partial charge in [-0.1, -0.05) is 23.4 Å². The normalized spacial score (nSPS) is 12.4. The Morgan fingerprint density at radius 2 is 2.24 bits per heavy atom. The number of ether oxygens (including phenoxy) is 1. The lowest BCUT2D eigenvalue weighted by molar-refractivity contribution is 0.300. The predicted molar refractivity (Wildman–Crippen MR) is 64.6 cm³/mol. The minimum Gasteiger partial charge on any atom is -0.488 e. The first kappa shape index (κ1) is 11.7. The maximum Gasteiger partial charge on any atom is 0.130 e. The summed E-state index contributed by atoms with van der Waals surface area (Å²) in [6, 6.07) is 8.05. The number of aromatic nitrogens is 1. The number of benzene rings is 1. The molecule has 1 unspecified atom stereocenters. The van der Waals surface area contributed by atoms with Crippen molar-refractivity contribution in [2.75, 3.05) is 0 Å². The van der Waals surface area contributed by atoms with E-state index in [-0.39, 0.29) is 6.04 Å². The zero-order valence-corrected chi connectivity index (χ0v) is 9.80. The predicted octanol–water partition coefficient (Wildman–Crippen LogP) is 2.14. The van der Waals surface area contributed by atoms with Crippen molar-refractivity contribution >= 4 is 0 Å². The molecule has 2 N–H and O–H groups in total. The molecule has 0 spiro atoms. The van der Waals surface area contributed by atoms with E-state index in [9.17, 15) is 0 Å². The maximum atomic E-state index is 5.80. The first-order chi connectivity index (χ1) is 8.25. The third kappa shape index (κ3) is 3.32. The van der Waals surface area contributed by atoms with E-state index in [0.29, 0.717) is 6.61 Å². The molecule has 2 rings (SSSR count). The van der Waals surface area contributed by atoms with Gasteiger partial charge in [0.25, 0.3) is 0 Å². The molecule has 1 aromatic heterocycles. The highest BCUT2D eigenvalue weighted by molar-refractivity contribution is 5.34. The highest BCUT2D eigenvalue weighted by Gasteiger charge is 2.06. The van der Waals surface area contributed by atoms with Crippen molar-refractivity contribution in [3.05, 3.63) is 47.9 Å². The number of hydrogen-bond donors (Lipinski definition) is 1. The van der Waals surface area contributed by atoms with E-state index in [0.717, 1.165) is 23.3 Å². The zero-order valence-electron chi connectivity index (χ0n) is 9.80. The fourth-order valence-electron chi connectivity index (χ4n) is 1.62. The Morgan fingerprint density at radius 3 is 2.94 bits per heavy atom. The largest absolute Gasteiger partial charge is 0.488 e. The number of nitrogens with two attached hydrogens (primary N) is 1. The van der Waals surface area contributed by atoms with Crippen LogP contribution in [0.1, 0.15) is 18.1 Å². The molecule has 0 saturated heterocycles. The van der Waals surface area contributed by atoms with Gasteiger partial charge >= 0.3 is 0 Å². The van der Waals surface area contributed by atoms with Crippen molar-refractivity contribution in [3.8, 4) is 5.75 Å². The molecule has 0 radical (unpaired) electrons.